The fourth-order valence-electron chi connectivity index (χ4n) is 3.46. The molecule has 0 aliphatic rings. The highest BCUT2D eigenvalue weighted by Gasteiger charge is 2.28. The van der Waals surface area contributed by atoms with E-state index in [1.54, 1.807) is 0 Å². The molecule has 0 fully saturated rings. The number of benzene rings is 1. The van der Waals surface area contributed by atoms with Gasteiger partial charge in [-0.2, -0.15) is 5.10 Å². The van der Waals surface area contributed by atoms with Gasteiger partial charge >= 0.3 is 11.9 Å². The molecule has 15 heteroatoms. The lowest BCUT2D eigenvalue weighted by Crippen LogP contribution is -2.21. The second-order valence-corrected chi connectivity index (χ2v) is 9.00. The lowest BCUT2D eigenvalue weighted by Gasteiger charge is -2.12. The van der Waals surface area contributed by atoms with Gasteiger partial charge in [-0.15, -0.1) is 11.3 Å². The Kier molecular flexibility index (Phi) is 8.17. The van der Waals surface area contributed by atoms with Gasteiger partial charge in [-0.05, 0) is 38.6 Å². The number of thiocarbonyl (C=S) groups is 1. The standard InChI is InChI=1S/C22H19F5N4O4S2/c1-7-11(20(32)34-4)19(37-18(7)21(33)35-5)29-22(36)28-17-8(2)30-31(9(17)3)6-10-12(23)14(25)16(27)15(26)13(10)24/h6H2,1-5H3,(H2,28,29,36). The third kappa shape index (κ3) is 5.13. The maximum atomic E-state index is 14.2. The van der Waals surface area contributed by atoms with E-state index in [4.69, 9.17) is 21.7 Å². The first-order valence-electron chi connectivity index (χ1n) is 10.3. The lowest BCUT2D eigenvalue weighted by molar-refractivity contribution is 0.0601. The van der Waals surface area contributed by atoms with Gasteiger partial charge in [0, 0.05) is 0 Å². The van der Waals surface area contributed by atoms with Gasteiger partial charge in [-0.1, -0.05) is 0 Å². The number of rotatable bonds is 6. The molecular formula is C22H19F5N4O4S2. The van der Waals surface area contributed by atoms with Gasteiger partial charge in [0.15, 0.2) is 28.4 Å². The van der Waals surface area contributed by atoms with Gasteiger partial charge in [0.1, 0.15) is 9.88 Å². The van der Waals surface area contributed by atoms with Crippen molar-refractivity contribution in [1.82, 2.24) is 9.78 Å². The van der Waals surface area contributed by atoms with Crippen LogP contribution in [0.1, 0.15) is 42.5 Å². The summed E-state index contributed by atoms with van der Waals surface area (Å²) in [5.41, 5.74) is 0.154. The predicted molar refractivity (Wildman–Crippen MR) is 129 cm³/mol. The summed E-state index contributed by atoms with van der Waals surface area (Å²) in [6.07, 6.45) is 0. The predicted octanol–water partition coefficient (Wildman–Crippen LogP) is 5.00. The maximum absolute atomic E-state index is 14.2. The number of nitrogens with zero attached hydrogens (tertiary/aromatic N) is 2. The number of methoxy groups -OCH3 is 2. The third-order valence-electron chi connectivity index (χ3n) is 5.36. The molecule has 3 aromatic rings. The first-order valence-corrected chi connectivity index (χ1v) is 11.5. The molecule has 2 heterocycles. The monoisotopic (exact) mass is 562 g/mol. The smallest absolute Gasteiger partial charge is 0.348 e. The van der Waals surface area contributed by atoms with Crippen LogP contribution < -0.4 is 10.6 Å². The van der Waals surface area contributed by atoms with Crippen LogP contribution in [0.2, 0.25) is 0 Å². The molecular weight excluding hydrogens is 543 g/mol. The molecule has 0 saturated carbocycles. The summed E-state index contributed by atoms with van der Waals surface area (Å²) in [5, 5.41) is 9.87. The number of carbonyl (C=O) groups is 2. The van der Waals surface area contributed by atoms with E-state index in [2.05, 4.69) is 15.7 Å². The van der Waals surface area contributed by atoms with Crippen LogP contribution in [0.4, 0.5) is 32.6 Å². The van der Waals surface area contributed by atoms with E-state index in [1.807, 2.05) is 0 Å². The Morgan fingerprint density at radius 1 is 0.919 bits per heavy atom. The summed E-state index contributed by atoms with van der Waals surface area (Å²) in [5.74, 6) is -11.7. The number of anilines is 2. The van der Waals surface area contributed by atoms with Crippen molar-refractivity contribution < 1.29 is 41.0 Å². The highest BCUT2D eigenvalue weighted by Crippen LogP contribution is 2.34. The Morgan fingerprint density at radius 2 is 1.46 bits per heavy atom. The van der Waals surface area contributed by atoms with Crippen molar-refractivity contribution in [3.05, 3.63) is 62.0 Å². The highest BCUT2D eigenvalue weighted by atomic mass is 32.1. The number of carbonyl (C=O) groups excluding carboxylic acids is 2. The van der Waals surface area contributed by atoms with E-state index in [-0.39, 0.29) is 37.6 Å². The number of hydrogen-bond acceptors (Lipinski definition) is 7. The molecule has 0 aliphatic carbocycles. The SMILES string of the molecule is COC(=O)c1sc(NC(=S)Nc2c(C)nn(Cc3c(F)c(F)c(F)c(F)c3F)c2C)c(C(=O)OC)c1C. The fraction of sp³-hybridized carbons (Fsp3) is 0.273. The summed E-state index contributed by atoms with van der Waals surface area (Å²) in [4.78, 5) is 24.5. The molecule has 0 bridgehead atoms. The quantitative estimate of drug-likeness (QED) is 0.143. The van der Waals surface area contributed by atoms with Crippen molar-refractivity contribution in [2.24, 2.45) is 0 Å². The van der Waals surface area contributed by atoms with E-state index >= 15 is 0 Å². The van der Waals surface area contributed by atoms with Crippen LogP contribution >= 0.6 is 23.6 Å². The van der Waals surface area contributed by atoms with E-state index < -0.39 is 53.1 Å². The summed E-state index contributed by atoms with van der Waals surface area (Å²) in [6, 6.07) is 0. The van der Waals surface area contributed by atoms with Crippen LogP contribution in [0.5, 0.6) is 0 Å². The average molecular weight is 563 g/mol. The molecule has 0 aliphatic heterocycles. The van der Waals surface area contributed by atoms with E-state index in [1.165, 1.54) is 35.0 Å². The van der Waals surface area contributed by atoms with E-state index in [0.29, 0.717) is 5.56 Å². The first-order chi connectivity index (χ1) is 17.3. The van der Waals surface area contributed by atoms with Crippen LogP contribution in [-0.4, -0.2) is 41.1 Å². The summed E-state index contributed by atoms with van der Waals surface area (Å²) in [7, 11) is 2.36. The topological polar surface area (TPSA) is 94.5 Å². The van der Waals surface area contributed by atoms with Gasteiger partial charge in [-0.25, -0.2) is 31.5 Å². The van der Waals surface area contributed by atoms with Gasteiger partial charge in [0.25, 0.3) is 0 Å². The van der Waals surface area contributed by atoms with Crippen LogP contribution in [0.3, 0.4) is 0 Å². The molecule has 0 saturated heterocycles. The second kappa shape index (κ2) is 10.8. The molecule has 0 atom stereocenters. The molecule has 0 unspecified atom stereocenters. The number of hydrogen-bond donors (Lipinski definition) is 2. The maximum Gasteiger partial charge on any atom is 0.348 e. The number of ether oxygens (including phenoxy) is 2. The van der Waals surface area contributed by atoms with Crippen LogP contribution in [0.25, 0.3) is 0 Å². The normalized spacial score (nSPS) is 10.9. The van der Waals surface area contributed by atoms with Gasteiger partial charge in [0.2, 0.25) is 5.82 Å². The van der Waals surface area contributed by atoms with Gasteiger partial charge in [-0.3, -0.25) is 4.68 Å². The van der Waals surface area contributed by atoms with Crippen molar-refractivity contribution in [2.75, 3.05) is 24.9 Å². The number of nitrogens with one attached hydrogen (secondary N) is 2. The number of halogens is 5. The van der Waals surface area contributed by atoms with Crippen molar-refractivity contribution in [3.63, 3.8) is 0 Å². The molecule has 2 N–H and O–H groups in total. The van der Waals surface area contributed by atoms with Gasteiger partial charge in [0.05, 0.1) is 49.0 Å². The van der Waals surface area contributed by atoms with Crippen molar-refractivity contribution in [1.29, 1.82) is 0 Å². The van der Waals surface area contributed by atoms with Crippen LogP contribution in [-0.2, 0) is 16.0 Å². The molecule has 37 heavy (non-hydrogen) atoms. The van der Waals surface area contributed by atoms with Crippen molar-refractivity contribution in [2.45, 2.75) is 27.3 Å². The first kappa shape index (κ1) is 28.0. The summed E-state index contributed by atoms with van der Waals surface area (Å²) < 4.78 is 79.4. The third-order valence-corrected chi connectivity index (χ3v) is 6.75. The Labute approximate surface area is 216 Å². The number of aryl methyl sites for hydroxylation is 1. The molecule has 2 aromatic heterocycles. The molecule has 198 valence electrons. The number of aromatic nitrogens is 2. The molecule has 1 aromatic carbocycles. The Balaban J connectivity index is 1.90. The lowest BCUT2D eigenvalue weighted by atomic mass is 10.1. The van der Waals surface area contributed by atoms with Crippen LogP contribution in [0.15, 0.2) is 0 Å². The Morgan fingerprint density at radius 3 is 2.00 bits per heavy atom. The highest BCUT2D eigenvalue weighted by molar-refractivity contribution is 7.80. The Bertz CT molecular complexity index is 1410. The van der Waals surface area contributed by atoms with Crippen LogP contribution in [0, 0.1) is 49.9 Å². The minimum atomic E-state index is -2.25. The summed E-state index contributed by atoms with van der Waals surface area (Å²) >= 11 is 6.22. The number of esters is 2. The zero-order valence-corrected chi connectivity index (χ0v) is 21.6. The van der Waals surface area contributed by atoms with Crippen molar-refractivity contribution >= 4 is 51.3 Å². The average Bonchev–Trinajstić information content (AvgIpc) is 3.33. The molecule has 0 spiro atoms. The zero-order valence-electron chi connectivity index (χ0n) is 19.9. The zero-order chi connectivity index (χ0) is 27.8. The second-order valence-electron chi connectivity index (χ2n) is 7.57. The minimum absolute atomic E-state index is 0.0511. The largest absolute Gasteiger partial charge is 0.465 e. The molecule has 3 rings (SSSR count). The molecule has 8 nitrogen and oxygen atoms in total. The van der Waals surface area contributed by atoms with E-state index in [9.17, 15) is 31.5 Å². The molecule has 0 amide bonds. The minimum Gasteiger partial charge on any atom is -0.465 e. The van der Waals surface area contributed by atoms with Crippen molar-refractivity contribution in [3.8, 4) is 0 Å². The Hall–Kier alpha value is -3.59. The number of thiophene rings is 1. The fourth-order valence-corrected chi connectivity index (χ4v) is 4.84. The summed E-state index contributed by atoms with van der Waals surface area (Å²) in [6.45, 7) is 3.80. The van der Waals surface area contributed by atoms with E-state index in [0.717, 1.165) is 16.0 Å². The molecule has 0 radical (unpaired) electrons. The van der Waals surface area contributed by atoms with Gasteiger partial charge < -0.3 is 20.1 Å².